The molecule has 0 aliphatic heterocycles. The maximum atomic E-state index is 12.3. The standard InChI is InChI=1S/C12H14ClN3O4S/c1-20-10(17)6-4-7-14-21(18,19)12-11(13)15-9-5-2-3-8-16(9)12/h2-3,5,8,14H,4,6-7H2,1H3. The lowest BCUT2D eigenvalue weighted by Gasteiger charge is -2.06. The second kappa shape index (κ2) is 6.42. The van der Waals surface area contributed by atoms with Gasteiger partial charge in [0, 0.05) is 19.2 Å². The van der Waals surface area contributed by atoms with Gasteiger partial charge in [0.05, 0.1) is 7.11 Å². The van der Waals surface area contributed by atoms with Crippen molar-refractivity contribution in [2.24, 2.45) is 0 Å². The van der Waals surface area contributed by atoms with E-state index in [-0.39, 0.29) is 29.1 Å². The van der Waals surface area contributed by atoms with E-state index in [9.17, 15) is 13.2 Å². The summed E-state index contributed by atoms with van der Waals surface area (Å²) in [5.74, 6) is -0.387. The van der Waals surface area contributed by atoms with Crippen molar-refractivity contribution in [1.29, 1.82) is 0 Å². The van der Waals surface area contributed by atoms with E-state index in [1.807, 2.05) is 0 Å². The van der Waals surface area contributed by atoms with Crippen LogP contribution in [0.25, 0.3) is 5.65 Å². The fourth-order valence-electron chi connectivity index (χ4n) is 1.79. The van der Waals surface area contributed by atoms with E-state index in [0.717, 1.165) is 0 Å². The number of carbonyl (C=O) groups is 1. The molecule has 2 aromatic rings. The van der Waals surface area contributed by atoms with Crippen molar-refractivity contribution in [3.63, 3.8) is 0 Å². The molecule has 0 unspecified atom stereocenters. The average molecular weight is 332 g/mol. The molecule has 114 valence electrons. The van der Waals surface area contributed by atoms with Crippen LogP contribution < -0.4 is 4.72 Å². The largest absolute Gasteiger partial charge is 0.469 e. The van der Waals surface area contributed by atoms with Crippen molar-refractivity contribution < 1.29 is 17.9 Å². The van der Waals surface area contributed by atoms with Crippen molar-refractivity contribution in [2.45, 2.75) is 17.9 Å². The van der Waals surface area contributed by atoms with Crippen LogP contribution in [0.1, 0.15) is 12.8 Å². The zero-order valence-electron chi connectivity index (χ0n) is 11.2. The number of halogens is 1. The highest BCUT2D eigenvalue weighted by molar-refractivity contribution is 7.89. The van der Waals surface area contributed by atoms with Crippen molar-refractivity contribution in [2.75, 3.05) is 13.7 Å². The lowest BCUT2D eigenvalue weighted by Crippen LogP contribution is -2.26. The van der Waals surface area contributed by atoms with Gasteiger partial charge in [-0.15, -0.1) is 0 Å². The SMILES string of the molecule is COC(=O)CCCNS(=O)(=O)c1c(Cl)nc2ccccn12. The van der Waals surface area contributed by atoms with Crippen molar-refractivity contribution in [3.8, 4) is 0 Å². The Morgan fingerprint density at radius 1 is 1.48 bits per heavy atom. The number of methoxy groups -OCH3 is 1. The number of ether oxygens (including phenoxy) is 1. The van der Waals surface area contributed by atoms with Gasteiger partial charge in [0.25, 0.3) is 10.0 Å². The Morgan fingerprint density at radius 2 is 2.24 bits per heavy atom. The van der Waals surface area contributed by atoms with Gasteiger partial charge >= 0.3 is 5.97 Å². The Kier molecular flexibility index (Phi) is 4.81. The van der Waals surface area contributed by atoms with E-state index in [1.54, 1.807) is 24.4 Å². The first kappa shape index (κ1) is 15.7. The summed E-state index contributed by atoms with van der Waals surface area (Å²) in [6.45, 7) is 0.105. The Balaban J connectivity index is 2.15. The third-order valence-electron chi connectivity index (χ3n) is 2.78. The third-order valence-corrected chi connectivity index (χ3v) is 4.64. The van der Waals surface area contributed by atoms with Gasteiger partial charge in [-0.2, -0.15) is 0 Å². The minimum atomic E-state index is -3.81. The Morgan fingerprint density at radius 3 is 2.95 bits per heavy atom. The monoisotopic (exact) mass is 331 g/mol. The Labute approximate surface area is 126 Å². The quantitative estimate of drug-likeness (QED) is 0.635. The number of sulfonamides is 1. The first-order valence-corrected chi connectivity index (χ1v) is 8.01. The number of hydrogen-bond donors (Lipinski definition) is 1. The summed E-state index contributed by atoms with van der Waals surface area (Å²) in [7, 11) is -2.53. The van der Waals surface area contributed by atoms with Crippen molar-refractivity contribution in [1.82, 2.24) is 14.1 Å². The Bertz CT molecular complexity index is 757. The topological polar surface area (TPSA) is 89.8 Å². The zero-order valence-corrected chi connectivity index (χ0v) is 12.8. The molecule has 0 fully saturated rings. The molecule has 9 heteroatoms. The number of carbonyl (C=O) groups excluding carboxylic acids is 1. The zero-order chi connectivity index (χ0) is 15.5. The van der Waals surface area contributed by atoms with Gasteiger partial charge in [-0.3, -0.25) is 9.20 Å². The lowest BCUT2D eigenvalue weighted by atomic mass is 10.3. The molecule has 2 aromatic heterocycles. The fourth-order valence-corrected chi connectivity index (χ4v) is 3.51. The molecular weight excluding hydrogens is 318 g/mol. The van der Waals surface area contributed by atoms with Gasteiger partial charge in [-0.05, 0) is 18.6 Å². The van der Waals surface area contributed by atoms with E-state index in [1.165, 1.54) is 11.5 Å². The minimum absolute atomic E-state index is 0.0957. The third kappa shape index (κ3) is 3.52. The highest BCUT2D eigenvalue weighted by Gasteiger charge is 2.23. The Hall–Kier alpha value is -1.64. The molecule has 0 spiro atoms. The summed E-state index contributed by atoms with van der Waals surface area (Å²) < 4.78 is 32.8. The van der Waals surface area contributed by atoms with Crippen LogP contribution in [0.4, 0.5) is 0 Å². The summed E-state index contributed by atoms with van der Waals surface area (Å²) >= 11 is 5.91. The second-order valence-electron chi connectivity index (χ2n) is 4.21. The number of hydrogen-bond acceptors (Lipinski definition) is 5. The predicted molar refractivity (Wildman–Crippen MR) is 76.6 cm³/mol. The van der Waals surface area contributed by atoms with E-state index in [2.05, 4.69) is 14.4 Å². The van der Waals surface area contributed by atoms with Crippen LogP contribution in [0.3, 0.4) is 0 Å². The van der Waals surface area contributed by atoms with Gasteiger partial charge in [-0.25, -0.2) is 18.1 Å². The summed E-state index contributed by atoms with van der Waals surface area (Å²) in [6.07, 6.45) is 2.04. The predicted octanol–water partition coefficient (Wildman–Crippen LogP) is 1.22. The maximum Gasteiger partial charge on any atom is 0.305 e. The summed E-state index contributed by atoms with van der Waals surface area (Å²) in [5, 5.41) is -0.209. The van der Waals surface area contributed by atoms with E-state index in [0.29, 0.717) is 12.1 Å². The number of fused-ring (bicyclic) bond motifs is 1. The molecule has 0 aromatic carbocycles. The molecule has 21 heavy (non-hydrogen) atoms. The number of rotatable bonds is 6. The molecule has 0 atom stereocenters. The molecule has 0 saturated heterocycles. The molecular formula is C12H14ClN3O4S. The first-order valence-electron chi connectivity index (χ1n) is 6.15. The maximum absolute atomic E-state index is 12.3. The number of imidazole rings is 1. The summed E-state index contributed by atoms with van der Waals surface area (Å²) in [5.41, 5.74) is 0.442. The molecule has 0 aliphatic rings. The van der Waals surface area contributed by atoms with Crippen LogP contribution >= 0.6 is 11.6 Å². The van der Waals surface area contributed by atoms with E-state index in [4.69, 9.17) is 11.6 Å². The fraction of sp³-hybridized carbons (Fsp3) is 0.333. The van der Waals surface area contributed by atoms with Crippen LogP contribution in [0, 0.1) is 0 Å². The number of nitrogens with one attached hydrogen (secondary N) is 1. The molecule has 0 bridgehead atoms. The minimum Gasteiger partial charge on any atom is -0.469 e. The summed E-state index contributed by atoms with van der Waals surface area (Å²) in [6, 6.07) is 5.07. The molecule has 2 heterocycles. The van der Waals surface area contributed by atoms with Crippen LogP contribution in [0.2, 0.25) is 5.15 Å². The van der Waals surface area contributed by atoms with Gasteiger partial charge in [-0.1, -0.05) is 17.7 Å². The van der Waals surface area contributed by atoms with Crippen LogP contribution in [0.5, 0.6) is 0 Å². The highest BCUT2D eigenvalue weighted by atomic mass is 35.5. The summed E-state index contributed by atoms with van der Waals surface area (Å²) in [4.78, 5) is 14.9. The average Bonchev–Trinajstić information content (AvgIpc) is 2.79. The first-order chi connectivity index (χ1) is 9.95. The normalized spacial score (nSPS) is 11.7. The molecule has 0 saturated carbocycles. The van der Waals surface area contributed by atoms with Crippen LogP contribution in [0.15, 0.2) is 29.4 Å². The number of esters is 1. The molecule has 2 rings (SSSR count). The van der Waals surface area contributed by atoms with Gasteiger partial charge in [0.15, 0.2) is 10.2 Å². The second-order valence-corrected chi connectivity index (χ2v) is 6.25. The van der Waals surface area contributed by atoms with Gasteiger partial charge in [0.1, 0.15) is 5.65 Å². The van der Waals surface area contributed by atoms with E-state index >= 15 is 0 Å². The van der Waals surface area contributed by atoms with Crippen LogP contribution in [-0.2, 0) is 19.6 Å². The molecule has 7 nitrogen and oxygen atoms in total. The molecule has 1 N–H and O–H groups in total. The molecule has 0 aliphatic carbocycles. The van der Waals surface area contributed by atoms with Crippen molar-refractivity contribution in [3.05, 3.63) is 29.5 Å². The molecule has 0 amide bonds. The van der Waals surface area contributed by atoms with Crippen molar-refractivity contribution >= 4 is 33.2 Å². The highest BCUT2D eigenvalue weighted by Crippen LogP contribution is 2.22. The number of nitrogens with zero attached hydrogens (tertiary/aromatic N) is 2. The molecule has 0 radical (unpaired) electrons. The number of aromatic nitrogens is 2. The smallest absolute Gasteiger partial charge is 0.305 e. The van der Waals surface area contributed by atoms with Gasteiger partial charge < -0.3 is 4.74 Å². The van der Waals surface area contributed by atoms with Crippen LogP contribution in [-0.4, -0.2) is 37.4 Å². The number of pyridine rings is 1. The van der Waals surface area contributed by atoms with E-state index < -0.39 is 10.0 Å². The van der Waals surface area contributed by atoms with Gasteiger partial charge in [0.2, 0.25) is 0 Å². The lowest BCUT2D eigenvalue weighted by molar-refractivity contribution is -0.140.